The Morgan fingerprint density at radius 2 is 2.29 bits per heavy atom. The summed E-state index contributed by atoms with van der Waals surface area (Å²) in [5, 5.41) is 0. The first kappa shape index (κ1) is 7.91. The molecule has 0 aromatic carbocycles. The fraction of sp³-hybridized carbons (Fsp3) is 0. The van der Waals surface area contributed by atoms with Crippen molar-refractivity contribution < 1.29 is 17.3 Å². The van der Waals surface area contributed by atoms with Crippen molar-refractivity contribution in [2.75, 3.05) is 0 Å². The van der Waals surface area contributed by atoms with E-state index in [9.17, 15) is 0 Å². The molecule has 0 fully saturated rings. The zero-order valence-electron chi connectivity index (χ0n) is 3.73. The van der Waals surface area contributed by atoms with E-state index in [1.807, 2.05) is 6.07 Å². The Hall–Kier alpha value is 0.913. The predicted molar refractivity (Wildman–Crippen MR) is 28.1 cm³/mol. The van der Waals surface area contributed by atoms with Crippen LogP contribution in [-0.2, 0) is 17.3 Å². The molecule has 0 spiro atoms. The summed E-state index contributed by atoms with van der Waals surface area (Å²) in [6.45, 7) is 0. The second-order valence-electron chi connectivity index (χ2n) is 0.723. The van der Waals surface area contributed by atoms with Crippen molar-refractivity contribution in [3.8, 4) is 0 Å². The standard InChI is InChI=1S/C4H3Se.ClH.Zn/c1-2-4-5-3-1;;/h1,3-4H;1H;/q-1;;+2/p-1. The van der Waals surface area contributed by atoms with Gasteiger partial charge in [-0.05, 0) is 0 Å². The summed E-state index contributed by atoms with van der Waals surface area (Å²) in [4.78, 5) is 4.19. The van der Waals surface area contributed by atoms with Gasteiger partial charge in [-0.3, -0.25) is 0 Å². The van der Waals surface area contributed by atoms with Crippen molar-refractivity contribution in [1.82, 2.24) is 0 Å². The van der Waals surface area contributed by atoms with Gasteiger partial charge in [0.05, 0.1) is 0 Å². The molecule has 0 atom stereocenters. The van der Waals surface area contributed by atoms with Crippen molar-refractivity contribution in [2.45, 2.75) is 0 Å². The average Bonchev–Trinajstić information content (AvgIpc) is 2.23. The Morgan fingerprint density at radius 3 is 2.43 bits per heavy atom. The van der Waals surface area contributed by atoms with E-state index in [0.29, 0.717) is 14.5 Å². The zero-order chi connectivity index (χ0) is 5.54. The summed E-state index contributed by atoms with van der Waals surface area (Å²) in [6.07, 6.45) is 0. The van der Waals surface area contributed by atoms with Crippen LogP contribution in [0.3, 0.4) is 0 Å². The number of rotatable bonds is 0. The molecule has 0 aliphatic heterocycles. The topological polar surface area (TPSA) is 0 Å². The van der Waals surface area contributed by atoms with Crippen LogP contribution in [0, 0.1) is 6.07 Å². The molecule has 7 heavy (non-hydrogen) atoms. The Balaban J connectivity index is 0.000000162. The zero-order valence-corrected chi connectivity index (χ0v) is 9.16. The molecule has 0 N–H and O–H groups in total. The Morgan fingerprint density at radius 1 is 1.57 bits per heavy atom. The molecule has 0 saturated carbocycles. The van der Waals surface area contributed by atoms with Crippen LogP contribution < -0.4 is 0 Å². The van der Waals surface area contributed by atoms with Crippen LogP contribution in [0.2, 0.25) is 0 Å². The third kappa shape index (κ3) is 4.77. The first-order valence-electron chi connectivity index (χ1n) is 1.65. The van der Waals surface area contributed by atoms with Crippen molar-refractivity contribution >= 4 is 24.2 Å². The van der Waals surface area contributed by atoms with Crippen molar-refractivity contribution in [3.05, 3.63) is 22.0 Å². The third-order valence-corrected chi connectivity index (χ3v) is 1.57. The monoisotopic (exact) mass is 230 g/mol. The first-order valence-corrected chi connectivity index (χ1v) is 7.53. The maximum absolute atomic E-state index is 4.76. The number of hydrogen-bond acceptors (Lipinski definition) is 0. The molecule has 1 aromatic rings. The van der Waals surface area contributed by atoms with Crippen molar-refractivity contribution in [2.24, 2.45) is 0 Å². The van der Waals surface area contributed by atoms with Gasteiger partial charge in [-0.15, -0.1) is 0 Å². The molecule has 1 heterocycles. The molecular formula is C4H3ClSeZn. The van der Waals surface area contributed by atoms with Gasteiger partial charge in [-0.1, -0.05) is 0 Å². The number of halogens is 1. The molecule has 0 nitrogen and oxygen atoms in total. The van der Waals surface area contributed by atoms with Crippen LogP contribution in [-0.4, -0.2) is 14.5 Å². The molecule has 0 radical (unpaired) electrons. The molecule has 0 saturated heterocycles. The summed E-state index contributed by atoms with van der Waals surface area (Å²) < 4.78 is 0. The van der Waals surface area contributed by atoms with Crippen LogP contribution in [0.25, 0.3) is 0 Å². The van der Waals surface area contributed by atoms with E-state index in [2.05, 4.69) is 15.9 Å². The van der Waals surface area contributed by atoms with E-state index in [1.165, 1.54) is 0 Å². The van der Waals surface area contributed by atoms with Crippen LogP contribution in [0.15, 0.2) is 15.9 Å². The van der Waals surface area contributed by atoms with Gasteiger partial charge in [0.25, 0.3) is 0 Å². The molecule has 34 valence electrons. The molecule has 1 aromatic heterocycles. The van der Waals surface area contributed by atoms with E-state index in [0.717, 1.165) is 17.3 Å². The van der Waals surface area contributed by atoms with Gasteiger partial charge in [-0.25, -0.2) is 0 Å². The predicted octanol–water partition coefficient (Wildman–Crippen LogP) is 1.23. The maximum atomic E-state index is 4.76. The molecule has 0 amide bonds. The SMILES string of the molecule is [Cl][Zn+].[c-]1cc[se]c1. The second kappa shape index (κ2) is 6.91. The molecule has 0 aliphatic rings. The second-order valence-corrected chi connectivity index (χ2v) is 2.36. The molecule has 3 heteroatoms. The van der Waals surface area contributed by atoms with Crippen molar-refractivity contribution in [3.63, 3.8) is 0 Å². The minimum atomic E-state index is 0.653. The van der Waals surface area contributed by atoms with E-state index >= 15 is 0 Å². The Labute approximate surface area is 63.3 Å². The summed E-state index contributed by atoms with van der Waals surface area (Å²) in [7, 11) is 4.76. The first-order chi connectivity index (χ1) is 3.50. The van der Waals surface area contributed by atoms with Gasteiger partial charge >= 0.3 is 63.5 Å². The van der Waals surface area contributed by atoms with Gasteiger partial charge in [0.15, 0.2) is 0 Å². The van der Waals surface area contributed by atoms with E-state index < -0.39 is 0 Å². The normalized spacial score (nSPS) is 6.71. The van der Waals surface area contributed by atoms with Crippen LogP contribution in [0.4, 0.5) is 0 Å². The van der Waals surface area contributed by atoms with Gasteiger partial charge in [-0.2, -0.15) is 0 Å². The summed E-state index contributed by atoms with van der Waals surface area (Å²) >= 11 is 1.50. The van der Waals surface area contributed by atoms with Crippen LogP contribution >= 0.6 is 9.69 Å². The van der Waals surface area contributed by atoms with Gasteiger partial charge in [0.1, 0.15) is 0 Å². The van der Waals surface area contributed by atoms with Gasteiger partial charge in [0, 0.05) is 0 Å². The van der Waals surface area contributed by atoms with Crippen LogP contribution in [0.1, 0.15) is 0 Å². The van der Waals surface area contributed by atoms with Gasteiger partial charge < -0.3 is 0 Å². The summed E-state index contributed by atoms with van der Waals surface area (Å²) in [5.41, 5.74) is 0. The van der Waals surface area contributed by atoms with Crippen molar-refractivity contribution in [1.29, 1.82) is 0 Å². The van der Waals surface area contributed by atoms with Gasteiger partial charge in [0.2, 0.25) is 0 Å². The van der Waals surface area contributed by atoms with E-state index in [-0.39, 0.29) is 0 Å². The van der Waals surface area contributed by atoms with Crippen LogP contribution in [0.5, 0.6) is 0 Å². The molecule has 0 unspecified atom stereocenters. The Bertz CT molecular complexity index is 68.2. The molecule has 1 rings (SSSR count). The third-order valence-electron chi connectivity index (χ3n) is 0.379. The summed E-state index contributed by atoms with van der Waals surface area (Å²) in [6, 6.07) is 4.90. The fourth-order valence-electron chi connectivity index (χ4n) is 0.196. The molecule has 0 aliphatic carbocycles. The average molecular weight is 231 g/mol. The fourth-order valence-corrected chi connectivity index (χ4v) is 1.02. The minimum absolute atomic E-state index is 0.653. The number of hydrogen-bond donors (Lipinski definition) is 0. The van der Waals surface area contributed by atoms with E-state index in [4.69, 9.17) is 9.69 Å². The quantitative estimate of drug-likeness (QED) is 0.465. The molecular weight excluding hydrogens is 228 g/mol. The van der Waals surface area contributed by atoms with E-state index in [1.54, 1.807) is 0 Å². The Kier molecular flexibility index (Phi) is 7.81. The molecule has 0 bridgehead atoms. The summed E-state index contributed by atoms with van der Waals surface area (Å²) in [5.74, 6) is 0.